The molecule has 0 saturated heterocycles. The highest BCUT2D eigenvalue weighted by molar-refractivity contribution is 6.27. The second kappa shape index (κ2) is 16.4. The summed E-state index contributed by atoms with van der Waals surface area (Å²) < 4.78 is 0. The number of hydrogen-bond donors (Lipinski definition) is 0. The lowest BCUT2D eigenvalue weighted by molar-refractivity contribution is 1.08. The molecule has 13 aromatic rings. The summed E-state index contributed by atoms with van der Waals surface area (Å²) >= 11 is 0. The van der Waals surface area contributed by atoms with Crippen LogP contribution in [0.4, 0.5) is 0 Å². The van der Waals surface area contributed by atoms with E-state index in [1.54, 1.807) is 0 Å². The second-order valence-electron chi connectivity index (χ2n) is 17.4. The summed E-state index contributed by atoms with van der Waals surface area (Å²) in [6.07, 6.45) is 0. The SMILES string of the molecule is c1ccc(-c2cccc(-c3nc(-c4ccccc4-c4ccccc4)nc(-c4ccc(-c5c6ccccc6c(-c6cc7ccccc7c7ccccc67)c6ccccc56)c5ccccc45)n3)c2)cc1. The molecule has 3 nitrogen and oxygen atoms in total. The molecule has 1 heterocycles. The first-order chi connectivity index (χ1) is 33.7. The van der Waals surface area contributed by atoms with Crippen molar-refractivity contribution in [1.29, 1.82) is 0 Å². The second-order valence-corrected chi connectivity index (χ2v) is 17.4. The summed E-state index contributed by atoms with van der Waals surface area (Å²) in [6, 6.07) is 89.0. The normalized spacial score (nSPS) is 11.5. The van der Waals surface area contributed by atoms with Crippen LogP contribution < -0.4 is 0 Å². The van der Waals surface area contributed by atoms with Gasteiger partial charge in [-0.3, -0.25) is 0 Å². The number of aromatic nitrogens is 3. The van der Waals surface area contributed by atoms with Crippen molar-refractivity contribution in [1.82, 2.24) is 15.0 Å². The zero-order valence-electron chi connectivity index (χ0n) is 37.0. The van der Waals surface area contributed by atoms with Crippen molar-refractivity contribution in [3.8, 4) is 78.7 Å². The van der Waals surface area contributed by atoms with Gasteiger partial charge in [-0.15, -0.1) is 0 Å². The summed E-state index contributed by atoms with van der Waals surface area (Å²) in [5, 5.41) is 12.1. The topological polar surface area (TPSA) is 38.7 Å². The molecule has 68 heavy (non-hydrogen) atoms. The zero-order valence-corrected chi connectivity index (χ0v) is 37.0. The molecular formula is C65H41N3. The maximum absolute atomic E-state index is 5.39. The predicted octanol–water partition coefficient (Wildman–Crippen LogP) is 17.3. The van der Waals surface area contributed by atoms with Crippen molar-refractivity contribution in [2.45, 2.75) is 0 Å². The minimum absolute atomic E-state index is 0.618. The molecule has 13 rings (SSSR count). The molecule has 0 atom stereocenters. The molecular weight excluding hydrogens is 823 g/mol. The van der Waals surface area contributed by atoms with E-state index < -0.39 is 0 Å². The molecule has 0 aliphatic heterocycles. The van der Waals surface area contributed by atoms with E-state index in [-0.39, 0.29) is 0 Å². The third kappa shape index (κ3) is 6.63. The molecule has 0 amide bonds. The number of nitrogens with zero attached hydrogens (tertiary/aromatic N) is 3. The molecule has 0 aliphatic rings. The van der Waals surface area contributed by atoms with E-state index in [1.165, 1.54) is 59.8 Å². The van der Waals surface area contributed by atoms with Crippen LogP contribution in [-0.4, -0.2) is 15.0 Å². The third-order valence-corrected chi connectivity index (χ3v) is 13.5. The van der Waals surface area contributed by atoms with Gasteiger partial charge in [0.15, 0.2) is 17.5 Å². The number of benzene rings is 12. The summed E-state index contributed by atoms with van der Waals surface area (Å²) in [7, 11) is 0. The minimum atomic E-state index is 0.618. The Balaban J connectivity index is 1.05. The molecule has 0 spiro atoms. The Hall–Kier alpha value is -9.05. The molecule has 0 unspecified atom stereocenters. The van der Waals surface area contributed by atoms with Crippen LogP contribution in [0, 0.1) is 0 Å². The first-order valence-electron chi connectivity index (χ1n) is 23.2. The summed E-state index contributed by atoms with van der Waals surface area (Å²) in [5.41, 5.74) is 12.1. The Bertz CT molecular complexity index is 4030. The highest BCUT2D eigenvalue weighted by Gasteiger charge is 2.22. The fourth-order valence-electron chi connectivity index (χ4n) is 10.4. The van der Waals surface area contributed by atoms with Crippen LogP contribution in [0.5, 0.6) is 0 Å². The zero-order chi connectivity index (χ0) is 45.0. The third-order valence-electron chi connectivity index (χ3n) is 13.5. The molecule has 0 fully saturated rings. The number of hydrogen-bond acceptors (Lipinski definition) is 3. The van der Waals surface area contributed by atoms with Gasteiger partial charge in [0.1, 0.15) is 0 Å². The van der Waals surface area contributed by atoms with Crippen molar-refractivity contribution < 1.29 is 0 Å². The van der Waals surface area contributed by atoms with Gasteiger partial charge in [0.05, 0.1) is 0 Å². The lowest BCUT2D eigenvalue weighted by atomic mass is 9.82. The van der Waals surface area contributed by atoms with Gasteiger partial charge in [0, 0.05) is 16.7 Å². The maximum atomic E-state index is 5.39. The van der Waals surface area contributed by atoms with Gasteiger partial charge in [0.25, 0.3) is 0 Å². The van der Waals surface area contributed by atoms with Crippen molar-refractivity contribution in [2.24, 2.45) is 0 Å². The van der Waals surface area contributed by atoms with Gasteiger partial charge >= 0.3 is 0 Å². The van der Waals surface area contributed by atoms with Gasteiger partial charge < -0.3 is 0 Å². The van der Waals surface area contributed by atoms with Crippen LogP contribution in [0.3, 0.4) is 0 Å². The lowest BCUT2D eigenvalue weighted by Gasteiger charge is -2.21. The Morgan fingerprint density at radius 2 is 0.603 bits per heavy atom. The van der Waals surface area contributed by atoms with Crippen molar-refractivity contribution in [3.63, 3.8) is 0 Å². The Kier molecular flexibility index (Phi) is 9.50. The van der Waals surface area contributed by atoms with E-state index in [0.717, 1.165) is 55.3 Å². The highest BCUT2D eigenvalue weighted by atomic mass is 15.0. The van der Waals surface area contributed by atoms with Crippen LogP contribution in [0.2, 0.25) is 0 Å². The summed E-state index contributed by atoms with van der Waals surface area (Å²) in [5.74, 6) is 1.86. The van der Waals surface area contributed by atoms with E-state index >= 15 is 0 Å². The molecule has 0 aliphatic carbocycles. The maximum Gasteiger partial charge on any atom is 0.164 e. The average molecular weight is 864 g/mol. The van der Waals surface area contributed by atoms with E-state index in [4.69, 9.17) is 15.0 Å². The average Bonchev–Trinajstić information content (AvgIpc) is 3.42. The molecule has 0 N–H and O–H groups in total. The van der Waals surface area contributed by atoms with Crippen LogP contribution >= 0.6 is 0 Å². The van der Waals surface area contributed by atoms with Crippen LogP contribution in [0.1, 0.15) is 0 Å². The number of fused-ring (bicyclic) bond motifs is 6. The molecule has 12 aromatic carbocycles. The van der Waals surface area contributed by atoms with Crippen LogP contribution in [0.15, 0.2) is 249 Å². The Morgan fingerprint density at radius 1 is 0.191 bits per heavy atom. The van der Waals surface area contributed by atoms with E-state index in [2.05, 4.69) is 237 Å². The van der Waals surface area contributed by atoms with Gasteiger partial charge in [0.2, 0.25) is 0 Å². The quantitative estimate of drug-likeness (QED) is 0.118. The molecule has 316 valence electrons. The standard InChI is InChI=1S/C65H41N3/c1-3-20-42(21-4-1)44-25-19-26-46(40-44)63-66-64(58-37-18-9-27-47(58)43-22-5-2-6-23-43)68-65(67-63)59-39-38-57(50-30-11-12-31-51(50)59)61-53-33-14-16-35-55(53)62(56-36-17-15-34-54(56)61)60-41-45-24-7-8-28-48(45)49-29-10-13-32-52(49)60/h1-41H. The van der Waals surface area contributed by atoms with Gasteiger partial charge in [-0.05, 0) is 117 Å². The lowest BCUT2D eigenvalue weighted by Crippen LogP contribution is -2.02. The first kappa shape index (κ1) is 39.3. The van der Waals surface area contributed by atoms with Gasteiger partial charge in [-0.1, -0.05) is 231 Å². The minimum Gasteiger partial charge on any atom is -0.208 e. The molecule has 1 aromatic heterocycles. The fourth-order valence-corrected chi connectivity index (χ4v) is 10.4. The first-order valence-corrected chi connectivity index (χ1v) is 23.2. The Morgan fingerprint density at radius 3 is 1.25 bits per heavy atom. The smallest absolute Gasteiger partial charge is 0.164 e. The van der Waals surface area contributed by atoms with Gasteiger partial charge in [-0.2, -0.15) is 0 Å². The van der Waals surface area contributed by atoms with Crippen molar-refractivity contribution >= 4 is 53.9 Å². The number of rotatable bonds is 7. The predicted molar refractivity (Wildman–Crippen MR) is 285 cm³/mol. The van der Waals surface area contributed by atoms with Gasteiger partial charge in [-0.25, -0.2) is 15.0 Å². The molecule has 0 bridgehead atoms. The van der Waals surface area contributed by atoms with Crippen molar-refractivity contribution in [3.05, 3.63) is 249 Å². The van der Waals surface area contributed by atoms with E-state index in [9.17, 15) is 0 Å². The molecule has 3 heteroatoms. The summed E-state index contributed by atoms with van der Waals surface area (Å²) in [6.45, 7) is 0. The van der Waals surface area contributed by atoms with Crippen LogP contribution in [0.25, 0.3) is 133 Å². The van der Waals surface area contributed by atoms with Crippen LogP contribution in [-0.2, 0) is 0 Å². The fraction of sp³-hybridized carbons (Fsp3) is 0. The largest absolute Gasteiger partial charge is 0.208 e. The van der Waals surface area contributed by atoms with Crippen molar-refractivity contribution in [2.75, 3.05) is 0 Å². The highest BCUT2D eigenvalue weighted by Crippen LogP contribution is 2.48. The Labute approximate surface area is 394 Å². The summed E-state index contributed by atoms with van der Waals surface area (Å²) in [4.78, 5) is 16.0. The monoisotopic (exact) mass is 863 g/mol. The molecule has 0 saturated carbocycles. The molecule has 0 radical (unpaired) electrons. The van der Waals surface area contributed by atoms with E-state index in [0.29, 0.717) is 17.5 Å². The van der Waals surface area contributed by atoms with E-state index in [1.807, 2.05) is 12.1 Å².